The van der Waals surface area contributed by atoms with Gasteiger partial charge in [-0.1, -0.05) is 0 Å². The third-order valence-electron chi connectivity index (χ3n) is 1.58. The third kappa shape index (κ3) is 2.14. The van der Waals surface area contributed by atoms with Crippen molar-refractivity contribution >= 4 is 11.8 Å². The van der Waals surface area contributed by atoms with Crippen LogP contribution in [0.15, 0.2) is 32.9 Å². The fourth-order valence-corrected chi connectivity index (χ4v) is 1.74. The van der Waals surface area contributed by atoms with Gasteiger partial charge in [-0.2, -0.15) is 5.26 Å². The first-order valence-corrected chi connectivity index (χ1v) is 4.94. The second-order valence-corrected chi connectivity index (χ2v) is 3.64. The first-order valence-electron chi connectivity index (χ1n) is 4.12. The summed E-state index contributed by atoms with van der Waals surface area (Å²) >= 11 is 1.23. The van der Waals surface area contributed by atoms with Gasteiger partial charge >= 0.3 is 0 Å². The molecule has 2 rings (SSSR count). The predicted molar refractivity (Wildman–Crippen MR) is 52.1 cm³/mol. The number of hydrogen-bond acceptors (Lipinski definition) is 6. The van der Waals surface area contributed by atoms with Crippen molar-refractivity contribution in [3.8, 4) is 6.07 Å². The van der Waals surface area contributed by atoms with E-state index in [1.54, 1.807) is 25.3 Å². The minimum absolute atomic E-state index is 0.360. The minimum atomic E-state index is 0.360. The lowest BCUT2D eigenvalue weighted by Gasteiger charge is -1.96. The largest absolute Gasteiger partial charge is 0.416 e. The van der Waals surface area contributed by atoms with Crippen LogP contribution in [0.4, 0.5) is 0 Å². The molecule has 15 heavy (non-hydrogen) atoms. The average Bonchev–Trinajstić information content (AvgIpc) is 2.65. The summed E-state index contributed by atoms with van der Waals surface area (Å²) in [6.45, 7) is 1.71. The van der Waals surface area contributed by atoms with Crippen molar-refractivity contribution in [1.82, 2.24) is 15.2 Å². The molecule has 0 N–H and O–H groups in total. The lowest BCUT2D eigenvalue weighted by atomic mass is 10.4. The Morgan fingerprint density at radius 1 is 1.47 bits per heavy atom. The summed E-state index contributed by atoms with van der Waals surface area (Å²) in [6.07, 6.45) is 1.57. The summed E-state index contributed by atoms with van der Waals surface area (Å²) in [5.41, 5.74) is 0.360. The normalized spacial score (nSPS) is 9.87. The highest BCUT2D eigenvalue weighted by Crippen LogP contribution is 2.27. The maximum absolute atomic E-state index is 8.81. The Labute approximate surface area is 90.2 Å². The fraction of sp³-hybridized carbons (Fsp3) is 0.111. The number of hydrogen-bond donors (Lipinski definition) is 0. The molecule has 0 spiro atoms. The topological polar surface area (TPSA) is 75.6 Å². The van der Waals surface area contributed by atoms with Crippen LogP contribution in [-0.2, 0) is 0 Å². The smallest absolute Gasteiger partial charge is 0.281 e. The summed E-state index contributed by atoms with van der Waals surface area (Å²) in [5.74, 6) is 0.500. The van der Waals surface area contributed by atoms with Crippen LogP contribution in [0.5, 0.6) is 0 Å². The zero-order valence-electron chi connectivity index (χ0n) is 7.84. The Balaban J connectivity index is 2.28. The molecule has 0 unspecified atom stereocenters. The number of nitrogens with zero attached hydrogens (tertiary/aromatic N) is 4. The number of aryl methyl sites for hydroxylation is 1. The zero-order chi connectivity index (χ0) is 10.7. The van der Waals surface area contributed by atoms with E-state index in [-0.39, 0.29) is 0 Å². The minimum Gasteiger partial charge on any atom is -0.416 e. The summed E-state index contributed by atoms with van der Waals surface area (Å²) < 4.78 is 5.19. The third-order valence-corrected chi connectivity index (χ3v) is 2.47. The quantitative estimate of drug-likeness (QED) is 0.765. The van der Waals surface area contributed by atoms with Crippen LogP contribution in [0, 0.1) is 18.3 Å². The average molecular weight is 218 g/mol. The second-order valence-electron chi connectivity index (χ2n) is 2.65. The zero-order valence-corrected chi connectivity index (χ0v) is 8.65. The van der Waals surface area contributed by atoms with Crippen molar-refractivity contribution < 1.29 is 4.42 Å². The summed E-state index contributed by atoms with van der Waals surface area (Å²) in [6, 6.07) is 5.54. The first-order chi connectivity index (χ1) is 7.29. The molecular formula is C9H6N4OS. The molecule has 0 aliphatic heterocycles. The van der Waals surface area contributed by atoms with E-state index < -0.39 is 0 Å². The molecule has 0 fully saturated rings. The first kappa shape index (κ1) is 9.68. The van der Waals surface area contributed by atoms with Crippen LogP contribution >= 0.6 is 11.8 Å². The van der Waals surface area contributed by atoms with Gasteiger partial charge in [-0.3, -0.25) is 0 Å². The van der Waals surface area contributed by atoms with Gasteiger partial charge in [0.05, 0.1) is 4.90 Å². The van der Waals surface area contributed by atoms with Crippen molar-refractivity contribution in [3.05, 3.63) is 29.9 Å². The van der Waals surface area contributed by atoms with E-state index in [9.17, 15) is 0 Å². The van der Waals surface area contributed by atoms with Gasteiger partial charge < -0.3 is 4.42 Å². The predicted octanol–water partition coefficient (Wildman–Crippen LogP) is 1.80. The van der Waals surface area contributed by atoms with Crippen molar-refractivity contribution in [2.24, 2.45) is 0 Å². The van der Waals surface area contributed by atoms with Crippen molar-refractivity contribution in [2.75, 3.05) is 0 Å². The van der Waals surface area contributed by atoms with Gasteiger partial charge in [-0.05, 0) is 23.9 Å². The summed E-state index contributed by atoms with van der Waals surface area (Å²) in [4.78, 5) is 4.64. The molecule has 2 heterocycles. The van der Waals surface area contributed by atoms with Gasteiger partial charge in [0.25, 0.3) is 5.22 Å². The van der Waals surface area contributed by atoms with E-state index in [0.29, 0.717) is 21.7 Å². The highest BCUT2D eigenvalue weighted by atomic mass is 32.2. The maximum atomic E-state index is 8.81. The highest BCUT2D eigenvalue weighted by Gasteiger charge is 2.09. The highest BCUT2D eigenvalue weighted by molar-refractivity contribution is 7.99. The fourth-order valence-electron chi connectivity index (χ4n) is 0.971. The number of aromatic nitrogens is 3. The van der Waals surface area contributed by atoms with Crippen LogP contribution < -0.4 is 0 Å². The van der Waals surface area contributed by atoms with E-state index in [1.165, 1.54) is 11.8 Å². The van der Waals surface area contributed by atoms with Gasteiger partial charge in [0.1, 0.15) is 6.07 Å². The SMILES string of the molecule is Cc1nnc(Sc2cccnc2C#N)o1. The molecule has 2 aromatic heterocycles. The van der Waals surface area contributed by atoms with Crippen LogP contribution in [0.25, 0.3) is 0 Å². The van der Waals surface area contributed by atoms with E-state index in [2.05, 4.69) is 15.2 Å². The van der Waals surface area contributed by atoms with E-state index in [1.807, 2.05) is 6.07 Å². The maximum Gasteiger partial charge on any atom is 0.281 e. The van der Waals surface area contributed by atoms with Gasteiger partial charge in [0.15, 0.2) is 5.69 Å². The Bertz CT molecular complexity index is 517. The second kappa shape index (κ2) is 4.11. The van der Waals surface area contributed by atoms with E-state index in [0.717, 1.165) is 0 Å². The Hall–Kier alpha value is -1.87. The standard InChI is InChI=1S/C9H6N4OS/c1-6-12-13-9(14-6)15-8-3-2-4-11-7(8)5-10/h2-4H,1H3. The van der Waals surface area contributed by atoms with Gasteiger partial charge in [0.2, 0.25) is 5.89 Å². The molecule has 0 aliphatic carbocycles. The Morgan fingerprint density at radius 3 is 3.00 bits per heavy atom. The molecule has 0 atom stereocenters. The lowest BCUT2D eigenvalue weighted by molar-refractivity contribution is 0.429. The number of pyridine rings is 1. The summed E-state index contributed by atoms with van der Waals surface area (Å²) in [7, 11) is 0. The van der Waals surface area contributed by atoms with Crippen LogP contribution in [-0.4, -0.2) is 15.2 Å². The monoisotopic (exact) mass is 218 g/mol. The molecule has 5 nitrogen and oxygen atoms in total. The Morgan fingerprint density at radius 2 is 2.33 bits per heavy atom. The number of nitriles is 1. The van der Waals surface area contributed by atoms with Crippen molar-refractivity contribution in [1.29, 1.82) is 5.26 Å². The van der Waals surface area contributed by atoms with Crippen molar-refractivity contribution in [3.63, 3.8) is 0 Å². The van der Waals surface area contributed by atoms with Gasteiger partial charge in [0, 0.05) is 13.1 Å². The van der Waals surface area contributed by atoms with Gasteiger partial charge in [-0.25, -0.2) is 4.98 Å². The van der Waals surface area contributed by atoms with Crippen LogP contribution in [0.2, 0.25) is 0 Å². The molecule has 0 radical (unpaired) electrons. The lowest BCUT2D eigenvalue weighted by Crippen LogP contribution is -1.85. The molecule has 0 aromatic carbocycles. The molecule has 0 saturated heterocycles. The molecule has 0 bridgehead atoms. The molecule has 0 aliphatic rings. The van der Waals surface area contributed by atoms with E-state index >= 15 is 0 Å². The molecule has 6 heteroatoms. The molecule has 0 amide bonds. The molecule has 0 saturated carbocycles. The molecule has 2 aromatic rings. The summed E-state index contributed by atoms with van der Waals surface area (Å²) in [5, 5.41) is 16.7. The molecular weight excluding hydrogens is 212 g/mol. The van der Waals surface area contributed by atoms with Crippen molar-refractivity contribution in [2.45, 2.75) is 17.0 Å². The van der Waals surface area contributed by atoms with Gasteiger partial charge in [-0.15, -0.1) is 10.2 Å². The number of rotatable bonds is 2. The van der Waals surface area contributed by atoms with Crippen LogP contribution in [0.3, 0.4) is 0 Å². The van der Waals surface area contributed by atoms with Crippen LogP contribution in [0.1, 0.15) is 11.6 Å². The molecule has 74 valence electrons. The van der Waals surface area contributed by atoms with E-state index in [4.69, 9.17) is 9.68 Å². The Kier molecular flexibility index (Phi) is 2.65.